The summed E-state index contributed by atoms with van der Waals surface area (Å²) in [5.74, 6) is -0.742. The number of aromatic carboxylic acids is 1. The van der Waals surface area contributed by atoms with Gasteiger partial charge in [-0.1, -0.05) is 41.4 Å². The summed E-state index contributed by atoms with van der Waals surface area (Å²) in [5, 5.41) is 14.1. The van der Waals surface area contributed by atoms with Crippen LogP contribution in [0, 0.1) is 12.7 Å². The molecule has 11 heteroatoms. The van der Waals surface area contributed by atoms with Crippen LogP contribution in [0.2, 0.25) is 10.0 Å². The lowest BCUT2D eigenvalue weighted by molar-refractivity contribution is -0.118. The lowest BCUT2D eigenvalue weighted by Crippen LogP contribution is -2.31. The Labute approximate surface area is 252 Å². The van der Waals surface area contributed by atoms with Gasteiger partial charge in [-0.25, -0.2) is 9.18 Å². The third-order valence-electron chi connectivity index (χ3n) is 7.02. The van der Waals surface area contributed by atoms with Gasteiger partial charge >= 0.3 is 5.97 Å². The number of carboxylic acid groups (broad SMARTS) is 1. The lowest BCUT2D eigenvalue weighted by atomic mass is 10.1. The van der Waals surface area contributed by atoms with Crippen molar-refractivity contribution in [1.82, 2.24) is 9.78 Å². The number of fused-ring (bicyclic) bond motifs is 1. The van der Waals surface area contributed by atoms with Crippen LogP contribution in [0.1, 0.15) is 40.7 Å². The van der Waals surface area contributed by atoms with Gasteiger partial charge in [0.05, 0.1) is 37.2 Å². The predicted octanol–water partition coefficient (Wildman–Crippen LogP) is 7.03. The van der Waals surface area contributed by atoms with E-state index in [1.807, 2.05) is 43.3 Å². The minimum absolute atomic E-state index is 0.00183. The summed E-state index contributed by atoms with van der Waals surface area (Å²) in [6.07, 6.45) is 4.86. The van der Waals surface area contributed by atoms with Crippen LogP contribution >= 0.6 is 23.2 Å². The smallest absolute Gasteiger partial charge is 0.335 e. The van der Waals surface area contributed by atoms with Crippen molar-refractivity contribution in [3.05, 3.63) is 93.5 Å². The van der Waals surface area contributed by atoms with E-state index in [0.29, 0.717) is 66.8 Å². The van der Waals surface area contributed by atoms with E-state index < -0.39 is 11.8 Å². The summed E-state index contributed by atoms with van der Waals surface area (Å²) in [6, 6.07) is 13.2. The molecule has 5 rings (SSSR count). The van der Waals surface area contributed by atoms with Crippen molar-refractivity contribution in [2.24, 2.45) is 0 Å². The number of para-hydroxylation sites is 1. The zero-order chi connectivity index (χ0) is 29.8. The molecular weight excluding hydrogens is 584 g/mol. The van der Waals surface area contributed by atoms with Crippen molar-refractivity contribution in [3.63, 3.8) is 0 Å². The van der Waals surface area contributed by atoms with Crippen molar-refractivity contribution in [2.75, 3.05) is 24.7 Å². The number of hydrogen-bond acceptors (Lipinski definition) is 5. The van der Waals surface area contributed by atoms with Crippen LogP contribution in [0.25, 0.3) is 11.1 Å². The fourth-order valence-electron chi connectivity index (χ4n) is 4.81. The maximum atomic E-state index is 14.6. The molecule has 1 aliphatic heterocycles. The fraction of sp³-hybridized carbons (Fsp3) is 0.258. The number of nitrogens with zero attached hydrogens (tertiary/aromatic N) is 3. The van der Waals surface area contributed by atoms with Gasteiger partial charge in [0.2, 0.25) is 5.91 Å². The second kappa shape index (κ2) is 12.8. The summed E-state index contributed by atoms with van der Waals surface area (Å²) in [7, 11) is 0. The molecule has 42 heavy (non-hydrogen) atoms. The van der Waals surface area contributed by atoms with Crippen LogP contribution in [-0.2, 0) is 11.3 Å². The number of benzene rings is 3. The molecular formula is C31H28Cl2FN3O5. The third kappa shape index (κ3) is 6.37. The van der Waals surface area contributed by atoms with Gasteiger partial charge < -0.3 is 19.5 Å². The standard InChI is InChI=1S/C31H28Cl2FN3O5/c1-19-24(32)7-3-9-28(19)41-12-4-10-29(38)37-11-5-13-42-30-22(6-2-8-27(30)37)21-16-35-36(17-21)18-23-25(33)14-20(31(39)40)15-26(23)34/h2-3,6-9,14-17H,4-5,10-13,18H2,1H3,(H,39,40). The van der Waals surface area contributed by atoms with Gasteiger partial charge in [0.25, 0.3) is 0 Å². The quantitative estimate of drug-likeness (QED) is 0.204. The highest BCUT2D eigenvalue weighted by Crippen LogP contribution is 2.40. The second-order valence-corrected chi connectivity index (χ2v) is 10.7. The highest BCUT2D eigenvalue weighted by atomic mass is 35.5. The molecule has 0 saturated heterocycles. The van der Waals surface area contributed by atoms with Gasteiger partial charge in [-0.2, -0.15) is 5.10 Å². The molecule has 218 valence electrons. The first-order valence-electron chi connectivity index (χ1n) is 13.4. The normalized spacial score (nSPS) is 12.8. The molecule has 0 bridgehead atoms. The molecule has 1 aliphatic rings. The highest BCUT2D eigenvalue weighted by molar-refractivity contribution is 6.32. The molecule has 0 radical (unpaired) electrons. The van der Waals surface area contributed by atoms with E-state index in [-0.39, 0.29) is 28.6 Å². The number of aromatic nitrogens is 2. The van der Waals surface area contributed by atoms with Gasteiger partial charge in [-0.15, -0.1) is 0 Å². The molecule has 3 aromatic carbocycles. The first kappa shape index (κ1) is 29.4. The average Bonchev–Trinajstić information content (AvgIpc) is 3.32. The Kier molecular flexibility index (Phi) is 8.99. The minimum Gasteiger partial charge on any atom is -0.493 e. The summed E-state index contributed by atoms with van der Waals surface area (Å²) >= 11 is 12.4. The summed E-state index contributed by atoms with van der Waals surface area (Å²) in [6.45, 7) is 3.24. The van der Waals surface area contributed by atoms with E-state index in [0.717, 1.165) is 17.2 Å². The SMILES string of the molecule is Cc1c(Cl)cccc1OCCCC(=O)N1CCCOc2c(-c3cnn(Cc4c(F)cc(C(=O)O)cc4Cl)c3)cccc21. The zero-order valence-corrected chi connectivity index (χ0v) is 24.3. The van der Waals surface area contributed by atoms with Crippen LogP contribution in [0.3, 0.4) is 0 Å². The zero-order valence-electron chi connectivity index (χ0n) is 22.8. The Bertz CT molecular complexity index is 1620. The molecule has 0 aliphatic carbocycles. The molecule has 0 atom stereocenters. The van der Waals surface area contributed by atoms with Crippen LogP contribution in [0.5, 0.6) is 11.5 Å². The molecule has 4 aromatic rings. The molecule has 0 saturated carbocycles. The second-order valence-electron chi connectivity index (χ2n) is 9.87. The number of anilines is 1. The van der Waals surface area contributed by atoms with Gasteiger partial charge in [0.1, 0.15) is 11.6 Å². The van der Waals surface area contributed by atoms with Crippen molar-refractivity contribution in [2.45, 2.75) is 32.7 Å². The van der Waals surface area contributed by atoms with E-state index in [9.17, 15) is 14.0 Å². The van der Waals surface area contributed by atoms with Crippen molar-refractivity contribution in [3.8, 4) is 22.6 Å². The Morgan fingerprint density at radius 2 is 1.95 bits per heavy atom. The van der Waals surface area contributed by atoms with Crippen LogP contribution < -0.4 is 14.4 Å². The fourth-order valence-corrected chi connectivity index (χ4v) is 5.24. The molecule has 1 amide bonds. The van der Waals surface area contributed by atoms with Gasteiger partial charge in [-0.05, 0) is 50.1 Å². The molecule has 1 N–H and O–H groups in total. The van der Waals surface area contributed by atoms with Gasteiger partial charge in [0.15, 0.2) is 5.75 Å². The molecule has 0 fully saturated rings. The predicted molar refractivity (Wildman–Crippen MR) is 159 cm³/mol. The number of amides is 1. The van der Waals surface area contributed by atoms with Crippen molar-refractivity contribution < 1.29 is 28.6 Å². The maximum absolute atomic E-state index is 14.6. The van der Waals surface area contributed by atoms with E-state index in [1.165, 1.54) is 10.7 Å². The van der Waals surface area contributed by atoms with E-state index >= 15 is 0 Å². The third-order valence-corrected chi connectivity index (χ3v) is 7.77. The first-order valence-corrected chi connectivity index (χ1v) is 14.2. The number of halogens is 3. The first-order chi connectivity index (χ1) is 20.2. The van der Waals surface area contributed by atoms with Gasteiger partial charge in [-0.3, -0.25) is 9.48 Å². The largest absolute Gasteiger partial charge is 0.493 e. The van der Waals surface area contributed by atoms with E-state index in [1.54, 1.807) is 17.3 Å². The Balaban J connectivity index is 1.30. The molecule has 0 spiro atoms. The molecule has 2 heterocycles. The van der Waals surface area contributed by atoms with E-state index in [4.69, 9.17) is 37.8 Å². The Morgan fingerprint density at radius 1 is 1.14 bits per heavy atom. The topological polar surface area (TPSA) is 93.9 Å². The van der Waals surface area contributed by atoms with E-state index in [2.05, 4.69) is 5.10 Å². The van der Waals surface area contributed by atoms with Crippen LogP contribution in [0.15, 0.2) is 60.9 Å². The number of carbonyl (C=O) groups is 2. The minimum atomic E-state index is -1.26. The number of rotatable bonds is 9. The molecule has 0 unspecified atom stereocenters. The summed E-state index contributed by atoms with van der Waals surface area (Å²) in [4.78, 5) is 26.3. The number of ether oxygens (including phenoxy) is 2. The number of carbonyl (C=O) groups excluding carboxylic acids is 1. The lowest BCUT2D eigenvalue weighted by Gasteiger charge is -2.23. The molecule has 1 aromatic heterocycles. The van der Waals surface area contributed by atoms with Crippen molar-refractivity contribution >= 4 is 40.8 Å². The monoisotopic (exact) mass is 611 g/mol. The van der Waals surface area contributed by atoms with Crippen molar-refractivity contribution in [1.29, 1.82) is 0 Å². The molecule has 8 nitrogen and oxygen atoms in total. The number of carboxylic acids is 1. The van der Waals surface area contributed by atoms with Crippen LogP contribution in [0.4, 0.5) is 10.1 Å². The Morgan fingerprint density at radius 3 is 2.74 bits per heavy atom. The van der Waals surface area contributed by atoms with Crippen LogP contribution in [-0.4, -0.2) is 46.5 Å². The highest BCUT2D eigenvalue weighted by Gasteiger charge is 2.25. The number of hydrogen-bond donors (Lipinski definition) is 1. The Hall–Kier alpha value is -4.08. The summed E-state index contributed by atoms with van der Waals surface area (Å²) in [5.41, 5.74) is 2.90. The maximum Gasteiger partial charge on any atom is 0.335 e. The summed E-state index contributed by atoms with van der Waals surface area (Å²) < 4.78 is 28.1. The average molecular weight is 612 g/mol. The van der Waals surface area contributed by atoms with Gasteiger partial charge in [0, 0.05) is 51.5 Å².